The van der Waals surface area contributed by atoms with Crippen molar-refractivity contribution in [2.24, 2.45) is 0 Å². The number of ether oxygens (including phenoxy) is 1. The number of aromatic nitrogens is 1. The first-order chi connectivity index (χ1) is 21.6. The van der Waals surface area contributed by atoms with Gasteiger partial charge in [0.05, 0.1) is 22.8 Å². The molecule has 2 heterocycles. The van der Waals surface area contributed by atoms with Gasteiger partial charge in [-0.1, -0.05) is 67.0 Å². The molecule has 1 aliphatic heterocycles. The number of hydrogen-bond acceptors (Lipinski definition) is 4. The Morgan fingerprint density at radius 2 is 1.57 bits per heavy atom. The Bertz CT molecular complexity index is 1790. The van der Waals surface area contributed by atoms with E-state index >= 15 is 0 Å². The van der Waals surface area contributed by atoms with Gasteiger partial charge in [-0.05, 0) is 85.4 Å². The van der Waals surface area contributed by atoms with Gasteiger partial charge in [0.1, 0.15) is 17.2 Å². The molecule has 1 saturated heterocycles. The van der Waals surface area contributed by atoms with E-state index in [0.717, 1.165) is 16.1 Å². The van der Waals surface area contributed by atoms with Gasteiger partial charge in [0.15, 0.2) is 0 Å². The number of pyridine rings is 1. The number of halogens is 3. The summed E-state index contributed by atoms with van der Waals surface area (Å²) in [5, 5.41) is 0.629. The van der Waals surface area contributed by atoms with E-state index < -0.39 is 29.4 Å². The molecule has 4 aromatic rings. The van der Waals surface area contributed by atoms with E-state index in [4.69, 9.17) is 9.72 Å². The van der Waals surface area contributed by atoms with Crippen molar-refractivity contribution in [1.29, 1.82) is 0 Å². The number of benzene rings is 3. The maximum Gasteiger partial charge on any atom is 0.410 e. The predicted molar refractivity (Wildman–Crippen MR) is 181 cm³/mol. The van der Waals surface area contributed by atoms with E-state index in [1.807, 2.05) is 42.5 Å². The largest absolute Gasteiger partial charge is 0.444 e. The summed E-state index contributed by atoms with van der Waals surface area (Å²) in [6, 6.07) is 17.9. The average Bonchev–Trinajstić information content (AvgIpc) is 2.97. The molecule has 0 radical (unpaired) electrons. The van der Waals surface area contributed by atoms with Gasteiger partial charge in [-0.25, -0.2) is 18.6 Å². The SMILES string of the molecule is CC(C)(C)OC(=O)N1CCN(C(=O)c2cc(/C=C/c3ccc(C(C)(C)C)cc3)nc3ccc(Br)cc23)C(c2cc(F)cc(F)c2)C1. The summed E-state index contributed by atoms with van der Waals surface area (Å²) in [4.78, 5) is 35.3. The molecule has 1 aromatic heterocycles. The lowest BCUT2D eigenvalue weighted by atomic mass is 9.87. The normalized spacial score (nSPS) is 15.9. The lowest BCUT2D eigenvalue weighted by Crippen LogP contribution is -2.53. The molecule has 6 nitrogen and oxygen atoms in total. The van der Waals surface area contributed by atoms with Gasteiger partial charge in [-0.15, -0.1) is 0 Å². The van der Waals surface area contributed by atoms with E-state index in [0.29, 0.717) is 22.2 Å². The van der Waals surface area contributed by atoms with E-state index in [1.165, 1.54) is 22.6 Å². The summed E-state index contributed by atoms with van der Waals surface area (Å²) >= 11 is 3.52. The van der Waals surface area contributed by atoms with Crippen LogP contribution in [0.2, 0.25) is 0 Å². The van der Waals surface area contributed by atoms with Crippen LogP contribution in [0, 0.1) is 11.6 Å². The topological polar surface area (TPSA) is 62.7 Å². The number of nitrogens with zero attached hydrogens (tertiary/aromatic N) is 3. The molecule has 0 bridgehead atoms. The molecule has 240 valence electrons. The zero-order chi connectivity index (χ0) is 33.4. The fourth-order valence-corrected chi connectivity index (χ4v) is 5.84. The second-order valence-electron chi connectivity index (χ2n) is 13.6. The minimum Gasteiger partial charge on any atom is -0.444 e. The smallest absolute Gasteiger partial charge is 0.410 e. The number of hydrogen-bond donors (Lipinski definition) is 0. The van der Waals surface area contributed by atoms with E-state index in [9.17, 15) is 18.4 Å². The zero-order valence-electron chi connectivity index (χ0n) is 26.9. The average molecular weight is 691 g/mol. The van der Waals surface area contributed by atoms with Gasteiger partial charge in [-0.2, -0.15) is 0 Å². The summed E-state index contributed by atoms with van der Waals surface area (Å²) in [5.41, 5.74) is 3.37. The van der Waals surface area contributed by atoms with Crippen LogP contribution < -0.4 is 0 Å². The first-order valence-corrected chi connectivity index (χ1v) is 16.0. The Hall–Kier alpha value is -4.11. The highest BCUT2D eigenvalue weighted by Gasteiger charge is 2.36. The number of amides is 2. The minimum atomic E-state index is -0.824. The molecule has 1 unspecified atom stereocenters. The summed E-state index contributed by atoms with van der Waals surface area (Å²) in [5.74, 6) is -1.87. The van der Waals surface area contributed by atoms with E-state index in [1.54, 1.807) is 31.7 Å². The van der Waals surface area contributed by atoms with Crippen LogP contribution in [0.3, 0.4) is 0 Å². The van der Waals surface area contributed by atoms with Crippen LogP contribution in [0.25, 0.3) is 23.1 Å². The van der Waals surface area contributed by atoms with Gasteiger partial charge < -0.3 is 14.5 Å². The Balaban J connectivity index is 1.53. The van der Waals surface area contributed by atoms with Crippen molar-refractivity contribution in [2.45, 2.75) is 58.6 Å². The highest BCUT2D eigenvalue weighted by molar-refractivity contribution is 9.10. The Labute approximate surface area is 277 Å². The first kappa shape index (κ1) is 33.3. The van der Waals surface area contributed by atoms with Gasteiger partial charge in [-0.3, -0.25) is 4.79 Å². The van der Waals surface area contributed by atoms with Crippen LogP contribution in [-0.4, -0.2) is 52.0 Å². The number of rotatable bonds is 4. The second-order valence-corrected chi connectivity index (χ2v) is 14.5. The van der Waals surface area contributed by atoms with Crippen LogP contribution in [0.5, 0.6) is 0 Å². The molecule has 1 aliphatic rings. The summed E-state index contributed by atoms with van der Waals surface area (Å²) in [6.07, 6.45) is 3.26. The van der Waals surface area contributed by atoms with Gasteiger partial charge in [0.2, 0.25) is 0 Å². The van der Waals surface area contributed by atoms with Crippen molar-refractivity contribution in [1.82, 2.24) is 14.8 Å². The molecule has 0 spiro atoms. The highest BCUT2D eigenvalue weighted by atomic mass is 79.9. The van der Waals surface area contributed by atoms with E-state index in [2.05, 4.69) is 48.8 Å². The van der Waals surface area contributed by atoms with Crippen LogP contribution in [0.1, 0.15) is 80.3 Å². The second kappa shape index (κ2) is 12.9. The van der Waals surface area contributed by atoms with Crippen molar-refractivity contribution < 1.29 is 23.1 Å². The number of piperazine rings is 1. The van der Waals surface area contributed by atoms with Crippen LogP contribution in [0.15, 0.2) is 71.2 Å². The van der Waals surface area contributed by atoms with Crippen molar-refractivity contribution in [3.63, 3.8) is 0 Å². The molecule has 0 saturated carbocycles. The molecule has 1 atom stereocenters. The maximum absolute atomic E-state index is 14.5. The number of carbonyl (C=O) groups excluding carboxylic acids is 2. The monoisotopic (exact) mass is 689 g/mol. The molecular formula is C37H38BrF2N3O3. The van der Waals surface area contributed by atoms with Crippen molar-refractivity contribution in [2.75, 3.05) is 19.6 Å². The highest BCUT2D eigenvalue weighted by Crippen LogP contribution is 2.32. The molecule has 0 aliphatic carbocycles. The molecule has 9 heteroatoms. The Morgan fingerprint density at radius 3 is 2.20 bits per heavy atom. The van der Waals surface area contributed by atoms with Crippen LogP contribution in [0.4, 0.5) is 13.6 Å². The minimum absolute atomic E-state index is 0.00752. The lowest BCUT2D eigenvalue weighted by Gasteiger charge is -2.42. The molecule has 1 fully saturated rings. The zero-order valence-corrected chi connectivity index (χ0v) is 28.5. The summed E-state index contributed by atoms with van der Waals surface area (Å²) < 4.78 is 35.3. The fraction of sp³-hybridized carbons (Fsp3) is 0.324. The molecule has 2 amide bonds. The molecule has 46 heavy (non-hydrogen) atoms. The van der Waals surface area contributed by atoms with E-state index in [-0.39, 0.29) is 36.5 Å². The molecule has 5 rings (SSSR count). The standard InChI is InChI=1S/C37H38BrF2N3O3/c1-36(2,3)25-10-7-23(8-11-25)9-13-29-21-31(30-19-26(38)12-14-32(30)41-29)34(44)43-16-15-42(35(45)46-37(4,5)6)22-33(43)24-17-27(39)20-28(40)18-24/h7-14,17-21,33H,15-16,22H2,1-6H3/b13-9+. The fourth-order valence-electron chi connectivity index (χ4n) is 5.48. The first-order valence-electron chi connectivity index (χ1n) is 15.2. The van der Waals surface area contributed by atoms with Crippen molar-refractivity contribution in [3.8, 4) is 0 Å². The summed E-state index contributed by atoms with van der Waals surface area (Å²) in [6.45, 7) is 12.1. The molecule has 0 N–H and O–H groups in total. The van der Waals surface area contributed by atoms with Crippen molar-refractivity contribution in [3.05, 3.63) is 111 Å². The van der Waals surface area contributed by atoms with Gasteiger partial charge in [0.25, 0.3) is 5.91 Å². The maximum atomic E-state index is 14.5. The number of fused-ring (bicyclic) bond motifs is 1. The van der Waals surface area contributed by atoms with Gasteiger partial charge >= 0.3 is 6.09 Å². The third-order valence-electron chi connectivity index (χ3n) is 7.81. The Morgan fingerprint density at radius 1 is 0.891 bits per heavy atom. The number of carbonyl (C=O) groups is 2. The van der Waals surface area contributed by atoms with Crippen LogP contribution in [-0.2, 0) is 10.2 Å². The predicted octanol–water partition coefficient (Wildman–Crippen LogP) is 9.18. The third-order valence-corrected chi connectivity index (χ3v) is 8.30. The Kier molecular flexibility index (Phi) is 9.36. The molecular weight excluding hydrogens is 652 g/mol. The quantitative estimate of drug-likeness (QED) is 0.214. The van der Waals surface area contributed by atoms with Crippen LogP contribution >= 0.6 is 15.9 Å². The lowest BCUT2D eigenvalue weighted by molar-refractivity contribution is 0.00408. The summed E-state index contributed by atoms with van der Waals surface area (Å²) in [7, 11) is 0. The third kappa shape index (κ3) is 7.81. The molecule has 3 aromatic carbocycles. The van der Waals surface area contributed by atoms with Crippen molar-refractivity contribution >= 4 is 51.0 Å². The van der Waals surface area contributed by atoms with Gasteiger partial charge in [0, 0.05) is 35.6 Å².